The smallest absolute Gasteiger partial charge is 0.316 e. The lowest BCUT2D eigenvalue weighted by Crippen LogP contribution is -2.24. The Hall–Kier alpha value is -2.18. The first-order valence-electron chi connectivity index (χ1n) is 8.78. The lowest BCUT2D eigenvalue weighted by Gasteiger charge is -2.23. The molecule has 0 spiro atoms. The Morgan fingerprint density at radius 1 is 0.889 bits per heavy atom. The molecule has 1 aliphatic carbocycles. The summed E-state index contributed by atoms with van der Waals surface area (Å²) in [7, 11) is -3.04. The summed E-state index contributed by atoms with van der Waals surface area (Å²) < 4.78 is 50.9. The van der Waals surface area contributed by atoms with E-state index in [0.29, 0.717) is 0 Å². The number of hydrogen-bond acceptors (Lipinski definition) is 2. The Kier molecular flexibility index (Phi) is 4.78. The highest BCUT2D eigenvalue weighted by molar-refractivity contribution is 7.86. The van der Waals surface area contributed by atoms with Gasteiger partial charge < -0.3 is 5.32 Å². The van der Waals surface area contributed by atoms with Gasteiger partial charge in [0.1, 0.15) is 0 Å². The molecule has 1 heterocycles. The molecule has 1 aliphatic heterocycles. The maximum atomic E-state index is 13.0. The minimum atomic E-state index is -4.77. The first kappa shape index (κ1) is 18.2. The summed E-state index contributed by atoms with van der Waals surface area (Å²) >= 11 is 0. The summed E-state index contributed by atoms with van der Waals surface area (Å²) in [5.74, 6) is 0. The number of piperidine rings is 1. The molecule has 0 saturated carbocycles. The molecule has 0 radical (unpaired) electrons. The predicted molar refractivity (Wildman–Crippen MR) is 102 cm³/mol. The van der Waals surface area contributed by atoms with Crippen LogP contribution in [0.25, 0.3) is 17.7 Å². The second kappa shape index (κ2) is 7.09. The number of benzene rings is 2. The summed E-state index contributed by atoms with van der Waals surface area (Å²) in [5, 5.41) is 3.32. The van der Waals surface area contributed by atoms with Crippen LogP contribution in [0.3, 0.4) is 0 Å². The Balaban J connectivity index is 1.96. The van der Waals surface area contributed by atoms with E-state index in [0.717, 1.165) is 53.8 Å². The van der Waals surface area contributed by atoms with E-state index in [1.165, 1.54) is 17.7 Å². The zero-order valence-corrected chi connectivity index (χ0v) is 15.3. The second-order valence-corrected chi connectivity index (χ2v) is 8.08. The number of alkyl halides is 3. The Bertz CT molecular complexity index is 968. The van der Waals surface area contributed by atoms with E-state index in [1.54, 1.807) is 6.07 Å². The van der Waals surface area contributed by atoms with Crippen LogP contribution < -0.4 is 5.32 Å². The van der Waals surface area contributed by atoms with Crippen LogP contribution in [0.4, 0.5) is 13.2 Å². The highest BCUT2D eigenvalue weighted by atomic mass is 32.2. The summed E-state index contributed by atoms with van der Waals surface area (Å²) in [5.41, 5.74) is 1.05. The first-order valence-corrected chi connectivity index (χ1v) is 9.93. The van der Waals surface area contributed by atoms with Gasteiger partial charge in [0.25, 0.3) is 0 Å². The fourth-order valence-electron chi connectivity index (χ4n) is 3.70. The molecule has 6 heteroatoms. The number of nitrogens with one attached hydrogen (secondary N) is 1. The van der Waals surface area contributed by atoms with E-state index in [9.17, 15) is 17.4 Å². The predicted octanol–water partition coefficient (Wildman–Crippen LogP) is 4.98. The van der Waals surface area contributed by atoms with Crippen LogP contribution in [-0.2, 0) is 10.8 Å². The van der Waals surface area contributed by atoms with Gasteiger partial charge in [-0.05, 0) is 65.9 Å². The van der Waals surface area contributed by atoms with E-state index < -0.39 is 16.3 Å². The van der Waals surface area contributed by atoms with Gasteiger partial charge in [0, 0.05) is 4.90 Å². The van der Waals surface area contributed by atoms with Crippen molar-refractivity contribution < 1.29 is 17.4 Å². The van der Waals surface area contributed by atoms with Crippen molar-refractivity contribution in [2.75, 3.05) is 13.1 Å². The summed E-state index contributed by atoms with van der Waals surface area (Å²) in [4.78, 5) is -0.207. The van der Waals surface area contributed by atoms with E-state index in [-0.39, 0.29) is 4.90 Å². The fourth-order valence-corrected chi connectivity index (χ4v) is 4.38. The van der Waals surface area contributed by atoms with Crippen molar-refractivity contribution in [3.8, 4) is 0 Å². The summed E-state index contributed by atoms with van der Waals surface area (Å²) in [6.07, 6.45) is 5.59. The zero-order valence-electron chi connectivity index (χ0n) is 14.5. The molecule has 1 atom stereocenters. The van der Waals surface area contributed by atoms with Crippen LogP contribution in [0.2, 0.25) is 0 Å². The van der Waals surface area contributed by atoms with Gasteiger partial charge in [-0.25, -0.2) is 4.21 Å². The lowest BCUT2D eigenvalue weighted by molar-refractivity contribution is -0.0384. The van der Waals surface area contributed by atoms with Crippen molar-refractivity contribution in [1.82, 2.24) is 5.32 Å². The zero-order chi connectivity index (χ0) is 19.0. The molecule has 2 nitrogen and oxygen atoms in total. The molecule has 0 amide bonds. The standard InChI is InChI=1S/C21H18F3NOS/c22-21(23,24)27(26)17-8-7-15-6-5-14-3-1-2-4-18(14)20(19(15)13-17)16-9-11-25-12-10-16/h1-8,13,25H,9-12H2. The Morgan fingerprint density at radius 3 is 2.26 bits per heavy atom. The second-order valence-electron chi connectivity index (χ2n) is 6.61. The Labute approximate surface area is 158 Å². The molecule has 2 aromatic carbocycles. The fraction of sp³-hybridized carbons (Fsp3) is 0.238. The third kappa shape index (κ3) is 3.51. The molecular weight excluding hydrogens is 371 g/mol. The van der Waals surface area contributed by atoms with Crippen molar-refractivity contribution in [3.05, 3.63) is 70.3 Å². The molecule has 0 aromatic heterocycles. The third-order valence-electron chi connectivity index (χ3n) is 4.95. The third-order valence-corrected chi connectivity index (χ3v) is 6.05. The molecule has 27 heavy (non-hydrogen) atoms. The normalized spacial score (nSPS) is 17.9. The van der Waals surface area contributed by atoms with Crippen molar-refractivity contribution in [1.29, 1.82) is 0 Å². The summed E-state index contributed by atoms with van der Waals surface area (Å²) in [6.45, 7) is 1.69. The molecule has 4 rings (SSSR count). The first-order chi connectivity index (χ1) is 12.9. The van der Waals surface area contributed by atoms with Crippen LogP contribution in [0.1, 0.15) is 35.1 Å². The molecule has 0 bridgehead atoms. The minimum absolute atomic E-state index is 0.207. The van der Waals surface area contributed by atoms with Gasteiger partial charge in [-0.1, -0.05) is 48.1 Å². The minimum Gasteiger partial charge on any atom is -0.316 e. The lowest BCUT2D eigenvalue weighted by atomic mass is 9.86. The quantitative estimate of drug-likeness (QED) is 0.636. The van der Waals surface area contributed by atoms with Crippen LogP contribution in [0.15, 0.2) is 52.9 Å². The molecule has 1 N–H and O–H groups in total. The molecule has 1 unspecified atom stereocenters. The largest absolute Gasteiger partial charge is 0.475 e. The number of fused-ring (bicyclic) bond motifs is 2. The van der Waals surface area contributed by atoms with E-state index >= 15 is 0 Å². The van der Waals surface area contributed by atoms with Crippen molar-refractivity contribution in [2.24, 2.45) is 0 Å². The number of rotatable bonds is 1. The molecule has 1 fully saturated rings. The maximum absolute atomic E-state index is 13.0. The Morgan fingerprint density at radius 2 is 1.56 bits per heavy atom. The van der Waals surface area contributed by atoms with E-state index in [2.05, 4.69) is 5.32 Å². The van der Waals surface area contributed by atoms with Gasteiger partial charge >= 0.3 is 5.51 Å². The molecule has 2 aromatic rings. The molecule has 140 valence electrons. The monoisotopic (exact) mass is 389 g/mol. The molecule has 1 saturated heterocycles. The van der Waals surface area contributed by atoms with Crippen LogP contribution in [0, 0.1) is 0 Å². The average Bonchev–Trinajstić information content (AvgIpc) is 2.83. The molecule has 2 aliphatic rings. The van der Waals surface area contributed by atoms with Gasteiger partial charge in [-0.15, -0.1) is 0 Å². The van der Waals surface area contributed by atoms with Gasteiger partial charge in [-0.2, -0.15) is 13.2 Å². The average molecular weight is 389 g/mol. The highest BCUT2D eigenvalue weighted by Crippen LogP contribution is 2.39. The number of hydrogen-bond donors (Lipinski definition) is 1. The van der Waals surface area contributed by atoms with Crippen molar-refractivity contribution >= 4 is 28.5 Å². The van der Waals surface area contributed by atoms with Gasteiger partial charge in [-0.3, -0.25) is 0 Å². The van der Waals surface area contributed by atoms with Crippen LogP contribution in [0.5, 0.6) is 0 Å². The van der Waals surface area contributed by atoms with Gasteiger partial charge in [0.15, 0.2) is 10.8 Å². The van der Waals surface area contributed by atoms with E-state index in [4.69, 9.17) is 0 Å². The van der Waals surface area contributed by atoms with E-state index in [1.807, 2.05) is 36.4 Å². The topological polar surface area (TPSA) is 29.1 Å². The van der Waals surface area contributed by atoms with Gasteiger partial charge in [0.05, 0.1) is 0 Å². The maximum Gasteiger partial charge on any atom is 0.475 e. The van der Waals surface area contributed by atoms with Crippen molar-refractivity contribution in [3.63, 3.8) is 0 Å². The van der Waals surface area contributed by atoms with Crippen LogP contribution in [-0.4, -0.2) is 22.8 Å². The van der Waals surface area contributed by atoms with Gasteiger partial charge in [0.2, 0.25) is 0 Å². The highest BCUT2D eigenvalue weighted by Gasteiger charge is 2.38. The molecular formula is C21H18F3NOS. The van der Waals surface area contributed by atoms with Crippen molar-refractivity contribution in [2.45, 2.75) is 23.2 Å². The summed E-state index contributed by atoms with van der Waals surface area (Å²) in [6, 6.07) is 12.3. The number of halogens is 3. The van der Waals surface area contributed by atoms with Crippen LogP contribution >= 0.6 is 0 Å². The SMILES string of the molecule is O=S(c1ccc2c(c1)C(=C1CCNCC1)c1ccccc1C=C2)C(F)(F)F.